The normalized spacial score (nSPS) is 11.9. The van der Waals surface area contributed by atoms with E-state index < -0.39 is 0 Å². The third kappa shape index (κ3) is 6.12. The van der Waals surface area contributed by atoms with Crippen molar-refractivity contribution in [2.45, 2.75) is 26.4 Å². The number of benzene rings is 1. The Kier molecular flexibility index (Phi) is 6.62. The van der Waals surface area contributed by atoms with Crippen LogP contribution in [-0.4, -0.2) is 34.1 Å². The summed E-state index contributed by atoms with van der Waals surface area (Å²) in [4.78, 5) is 11.8. The highest BCUT2D eigenvalue weighted by Crippen LogP contribution is 2.07. The average Bonchev–Trinajstić information content (AvgIpc) is 3.04. The first kappa shape index (κ1) is 17.0. The number of amides is 2. The molecule has 0 saturated carbocycles. The number of urea groups is 1. The number of carbonyl (C=O) groups is 1. The summed E-state index contributed by atoms with van der Waals surface area (Å²) in [6.07, 6.45) is 4.37. The topological polar surface area (TPSA) is 79.2 Å². The molecule has 1 heterocycles. The summed E-state index contributed by atoms with van der Waals surface area (Å²) in [5.74, 6) is 0.267. The average molecular weight is 316 g/mol. The summed E-state index contributed by atoms with van der Waals surface area (Å²) < 4.78 is 1.86. The Morgan fingerprint density at radius 2 is 2.13 bits per heavy atom. The maximum absolute atomic E-state index is 11.8. The summed E-state index contributed by atoms with van der Waals surface area (Å²) in [6, 6.07) is 9.79. The van der Waals surface area contributed by atoms with E-state index in [1.807, 2.05) is 42.1 Å². The molecule has 1 aromatic heterocycles. The minimum Gasteiger partial charge on any atom is -0.396 e. The molecule has 3 N–H and O–H groups in total. The van der Waals surface area contributed by atoms with E-state index in [4.69, 9.17) is 5.11 Å². The Bertz CT molecular complexity index is 598. The quantitative estimate of drug-likeness (QED) is 0.694. The van der Waals surface area contributed by atoms with E-state index in [1.54, 1.807) is 6.20 Å². The number of aliphatic hydroxyl groups excluding tert-OH is 1. The van der Waals surface area contributed by atoms with Crippen LogP contribution in [0.2, 0.25) is 0 Å². The second-order valence-corrected chi connectivity index (χ2v) is 5.70. The molecule has 6 heteroatoms. The Labute approximate surface area is 136 Å². The first-order chi connectivity index (χ1) is 11.2. The largest absolute Gasteiger partial charge is 0.396 e. The number of aliphatic hydroxyl groups is 1. The van der Waals surface area contributed by atoms with Crippen LogP contribution >= 0.6 is 0 Å². The highest BCUT2D eigenvalue weighted by Gasteiger charge is 2.05. The van der Waals surface area contributed by atoms with Crippen LogP contribution in [0.25, 0.3) is 0 Å². The van der Waals surface area contributed by atoms with Crippen molar-refractivity contribution in [1.82, 2.24) is 20.4 Å². The SMILES string of the molecule is CC(CCO)CNC(=O)NCc1cccc(Cn2cccn2)c1. The molecule has 2 amide bonds. The third-order valence-corrected chi connectivity index (χ3v) is 3.58. The summed E-state index contributed by atoms with van der Waals surface area (Å²) in [5, 5.41) is 18.7. The summed E-state index contributed by atoms with van der Waals surface area (Å²) in [5.41, 5.74) is 2.19. The number of hydrogen-bond donors (Lipinski definition) is 3. The van der Waals surface area contributed by atoms with E-state index >= 15 is 0 Å². The maximum atomic E-state index is 11.8. The zero-order valence-electron chi connectivity index (χ0n) is 13.4. The summed E-state index contributed by atoms with van der Waals surface area (Å²) in [6.45, 7) is 3.90. The zero-order chi connectivity index (χ0) is 16.5. The molecule has 0 aliphatic heterocycles. The van der Waals surface area contributed by atoms with Crippen molar-refractivity contribution in [2.24, 2.45) is 5.92 Å². The molecule has 0 saturated heterocycles. The van der Waals surface area contributed by atoms with Gasteiger partial charge >= 0.3 is 6.03 Å². The molecule has 2 aromatic rings. The number of nitrogens with zero attached hydrogens (tertiary/aromatic N) is 2. The van der Waals surface area contributed by atoms with Crippen molar-refractivity contribution >= 4 is 6.03 Å². The standard InChI is InChI=1S/C17H24N4O2/c1-14(6-9-22)11-18-17(23)19-12-15-4-2-5-16(10-15)13-21-8-3-7-20-21/h2-5,7-8,10,14,22H,6,9,11-13H2,1H3,(H2,18,19,23). The van der Waals surface area contributed by atoms with Crippen LogP contribution in [0.4, 0.5) is 4.79 Å². The first-order valence-electron chi connectivity index (χ1n) is 7.85. The highest BCUT2D eigenvalue weighted by molar-refractivity contribution is 5.73. The van der Waals surface area contributed by atoms with Gasteiger partial charge in [-0.3, -0.25) is 4.68 Å². The number of rotatable bonds is 8. The minimum atomic E-state index is -0.188. The summed E-state index contributed by atoms with van der Waals surface area (Å²) >= 11 is 0. The molecule has 23 heavy (non-hydrogen) atoms. The summed E-state index contributed by atoms with van der Waals surface area (Å²) in [7, 11) is 0. The lowest BCUT2D eigenvalue weighted by Crippen LogP contribution is -2.37. The molecule has 0 bridgehead atoms. The Balaban J connectivity index is 1.78. The lowest BCUT2D eigenvalue weighted by Gasteiger charge is -2.12. The van der Waals surface area contributed by atoms with E-state index in [0.29, 0.717) is 26.1 Å². The van der Waals surface area contributed by atoms with Crippen molar-refractivity contribution in [2.75, 3.05) is 13.2 Å². The van der Waals surface area contributed by atoms with Gasteiger partial charge in [-0.2, -0.15) is 5.10 Å². The lowest BCUT2D eigenvalue weighted by molar-refractivity contribution is 0.233. The van der Waals surface area contributed by atoms with E-state index in [1.165, 1.54) is 0 Å². The fourth-order valence-corrected chi connectivity index (χ4v) is 2.25. The van der Waals surface area contributed by atoms with Gasteiger partial charge in [0.2, 0.25) is 0 Å². The van der Waals surface area contributed by atoms with Gasteiger partial charge in [0.15, 0.2) is 0 Å². The van der Waals surface area contributed by atoms with E-state index in [9.17, 15) is 4.79 Å². The van der Waals surface area contributed by atoms with Gasteiger partial charge in [0.1, 0.15) is 0 Å². The Morgan fingerprint density at radius 1 is 1.30 bits per heavy atom. The Morgan fingerprint density at radius 3 is 2.87 bits per heavy atom. The van der Waals surface area contributed by atoms with E-state index in [-0.39, 0.29) is 18.6 Å². The van der Waals surface area contributed by atoms with Crippen molar-refractivity contribution in [3.8, 4) is 0 Å². The fourth-order valence-electron chi connectivity index (χ4n) is 2.25. The predicted octanol–water partition coefficient (Wildman–Crippen LogP) is 1.75. The van der Waals surface area contributed by atoms with Crippen molar-refractivity contribution in [3.63, 3.8) is 0 Å². The molecule has 0 aliphatic rings. The van der Waals surface area contributed by atoms with Crippen molar-refractivity contribution in [1.29, 1.82) is 0 Å². The fraction of sp³-hybridized carbons (Fsp3) is 0.412. The molecule has 1 atom stereocenters. The van der Waals surface area contributed by atoms with E-state index in [0.717, 1.165) is 11.1 Å². The van der Waals surface area contributed by atoms with Crippen LogP contribution in [0.5, 0.6) is 0 Å². The van der Waals surface area contributed by atoms with Crippen LogP contribution in [0.3, 0.4) is 0 Å². The predicted molar refractivity (Wildman–Crippen MR) is 88.9 cm³/mol. The second-order valence-electron chi connectivity index (χ2n) is 5.70. The molecule has 6 nitrogen and oxygen atoms in total. The van der Waals surface area contributed by atoms with Gasteiger partial charge in [-0.1, -0.05) is 31.2 Å². The van der Waals surface area contributed by atoms with Gasteiger partial charge < -0.3 is 15.7 Å². The van der Waals surface area contributed by atoms with Crippen molar-refractivity contribution in [3.05, 3.63) is 53.9 Å². The number of aromatic nitrogens is 2. The van der Waals surface area contributed by atoms with Gasteiger partial charge in [0.25, 0.3) is 0 Å². The first-order valence-corrected chi connectivity index (χ1v) is 7.85. The number of carbonyl (C=O) groups excluding carboxylic acids is 1. The van der Waals surface area contributed by atoms with Gasteiger partial charge in [0.05, 0.1) is 6.54 Å². The maximum Gasteiger partial charge on any atom is 0.315 e. The molecule has 1 unspecified atom stereocenters. The molecular formula is C17H24N4O2. The lowest BCUT2D eigenvalue weighted by atomic mass is 10.1. The van der Waals surface area contributed by atoms with Gasteiger partial charge in [0, 0.05) is 32.1 Å². The van der Waals surface area contributed by atoms with Gasteiger partial charge in [-0.15, -0.1) is 0 Å². The van der Waals surface area contributed by atoms with Crippen molar-refractivity contribution < 1.29 is 9.90 Å². The van der Waals surface area contributed by atoms with Crippen LogP contribution in [-0.2, 0) is 13.1 Å². The highest BCUT2D eigenvalue weighted by atomic mass is 16.3. The molecule has 0 aliphatic carbocycles. The van der Waals surface area contributed by atoms with Gasteiger partial charge in [-0.05, 0) is 29.5 Å². The molecule has 0 radical (unpaired) electrons. The second kappa shape index (κ2) is 8.95. The minimum absolute atomic E-state index is 0.146. The molecular weight excluding hydrogens is 292 g/mol. The molecule has 1 aromatic carbocycles. The molecule has 2 rings (SSSR count). The van der Waals surface area contributed by atoms with Crippen LogP contribution in [0.1, 0.15) is 24.5 Å². The monoisotopic (exact) mass is 316 g/mol. The third-order valence-electron chi connectivity index (χ3n) is 3.58. The molecule has 0 spiro atoms. The Hall–Kier alpha value is -2.34. The zero-order valence-corrected chi connectivity index (χ0v) is 13.4. The van der Waals surface area contributed by atoms with Crippen LogP contribution < -0.4 is 10.6 Å². The van der Waals surface area contributed by atoms with Crippen LogP contribution in [0, 0.1) is 5.92 Å². The van der Waals surface area contributed by atoms with Crippen LogP contribution in [0.15, 0.2) is 42.7 Å². The van der Waals surface area contributed by atoms with E-state index in [2.05, 4.69) is 21.8 Å². The number of hydrogen-bond acceptors (Lipinski definition) is 3. The molecule has 124 valence electrons. The smallest absolute Gasteiger partial charge is 0.315 e. The molecule has 0 fully saturated rings. The number of nitrogens with one attached hydrogen (secondary N) is 2. The van der Waals surface area contributed by atoms with Gasteiger partial charge in [-0.25, -0.2) is 4.79 Å².